The minimum absolute atomic E-state index is 0.0146. The van der Waals surface area contributed by atoms with Crippen molar-refractivity contribution in [3.8, 4) is 17.2 Å². The van der Waals surface area contributed by atoms with Crippen LogP contribution in [-0.2, 0) is 9.59 Å². The van der Waals surface area contributed by atoms with Gasteiger partial charge in [0.1, 0.15) is 5.75 Å². The summed E-state index contributed by atoms with van der Waals surface area (Å²) in [5.74, 6) is -0.599. The van der Waals surface area contributed by atoms with Crippen LogP contribution in [0.2, 0.25) is 0 Å². The highest BCUT2D eigenvalue weighted by Gasteiger charge is 2.32. The topological polar surface area (TPSA) is 121 Å². The highest BCUT2D eigenvalue weighted by Crippen LogP contribution is 2.39. The molecule has 8 heteroatoms. The van der Waals surface area contributed by atoms with Crippen molar-refractivity contribution >= 4 is 11.9 Å². The fraction of sp³-hybridized carbons (Fsp3) is 0.278. The molecule has 0 spiro atoms. The van der Waals surface area contributed by atoms with E-state index in [0.717, 1.165) is 0 Å². The van der Waals surface area contributed by atoms with Crippen LogP contribution in [0.5, 0.6) is 17.2 Å². The zero-order valence-corrected chi connectivity index (χ0v) is 14.3. The number of hydrogen-bond acceptors (Lipinski definition) is 6. The first kappa shape index (κ1) is 17.5. The normalized spacial score (nSPS) is 15.8. The maximum absolute atomic E-state index is 12.4. The number of methoxy groups -OCH3 is 1. The van der Waals surface area contributed by atoms with E-state index in [9.17, 15) is 14.4 Å². The second-order valence-electron chi connectivity index (χ2n) is 5.96. The predicted octanol–water partition coefficient (Wildman–Crippen LogP) is 0.997. The summed E-state index contributed by atoms with van der Waals surface area (Å²) < 4.78 is 15.8. The molecule has 0 saturated carbocycles. The summed E-state index contributed by atoms with van der Waals surface area (Å²) in [5.41, 5.74) is 6.44. The molecule has 26 heavy (non-hydrogen) atoms. The Bertz CT molecular complexity index is 934. The molecular formula is C18H18N2O6. The standard InChI is InChI=1S/C18H18N2O6/c1-9-5-14-17(18(23)20-9)11(7-16(22)26-14)10-3-4-12(24-2)13(6-10)25-8-15(19)21/h3-6,11H,7-8H2,1-2H3,(H2,19,21)(H,20,23)/t11-/m0/s1. The van der Waals surface area contributed by atoms with Crippen LogP contribution < -0.4 is 25.5 Å². The highest BCUT2D eigenvalue weighted by molar-refractivity contribution is 5.78. The smallest absolute Gasteiger partial charge is 0.312 e. The number of nitrogens with two attached hydrogens (primary N) is 1. The Labute approximate surface area is 148 Å². The number of aromatic amines is 1. The molecule has 1 amide bonds. The molecule has 2 aromatic rings. The number of nitrogens with one attached hydrogen (secondary N) is 1. The lowest BCUT2D eigenvalue weighted by Gasteiger charge is -2.24. The molecule has 1 aliphatic rings. The molecule has 136 valence electrons. The van der Waals surface area contributed by atoms with E-state index in [4.69, 9.17) is 19.9 Å². The van der Waals surface area contributed by atoms with Crippen LogP contribution in [0, 0.1) is 6.92 Å². The predicted molar refractivity (Wildman–Crippen MR) is 91.6 cm³/mol. The molecular weight excluding hydrogens is 340 g/mol. The number of esters is 1. The minimum atomic E-state index is -0.629. The summed E-state index contributed by atoms with van der Waals surface area (Å²) in [6.07, 6.45) is 0.0146. The highest BCUT2D eigenvalue weighted by atomic mass is 16.5. The lowest BCUT2D eigenvalue weighted by Crippen LogP contribution is -2.28. The van der Waals surface area contributed by atoms with Crippen molar-refractivity contribution in [3.05, 3.63) is 51.4 Å². The third kappa shape index (κ3) is 3.39. The average Bonchev–Trinajstić information content (AvgIpc) is 2.58. The molecule has 1 aromatic heterocycles. The van der Waals surface area contributed by atoms with Crippen LogP contribution in [0.4, 0.5) is 0 Å². The van der Waals surface area contributed by atoms with Crippen LogP contribution in [0.1, 0.15) is 29.2 Å². The summed E-state index contributed by atoms with van der Waals surface area (Å²) in [5, 5.41) is 0. The molecule has 3 N–H and O–H groups in total. The van der Waals surface area contributed by atoms with Gasteiger partial charge in [0.15, 0.2) is 18.1 Å². The largest absolute Gasteiger partial charge is 0.493 e. The van der Waals surface area contributed by atoms with E-state index in [1.807, 2.05) is 0 Å². The Hall–Kier alpha value is -3.29. The van der Waals surface area contributed by atoms with Gasteiger partial charge in [-0.05, 0) is 24.6 Å². The van der Waals surface area contributed by atoms with Crippen molar-refractivity contribution in [2.45, 2.75) is 19.3 Å². The summed E-state index contributed by atoms with van der Waals surface area (Å²) in [6.45, 7) is 1.39. The third-order valence-corrected chi connectivity index (χ3v) is 4.07. The van der Waals surface area contributed by atoms with Crippen molar-refractivity contribution in [3.63, 3.8) is 0 Å². The van der Waals surface area contributed by atoms with Crippen molar-refractivity contribution in [1.82, 2.24) is 4.98 Å². The van der Waals surface area contributed by atoms with Gasteiger partial charge in [-0.25, -0.2) is 0 Å². The van der Waals surface area contributed by atoms with E-state index < -0.39 is 17.8 Å². The fourth-order valence-corrected chi connectivity index (χ4v) is 2.97. The maximum Gasteiger partial charge on any atom is 0.312 e. The van der Waals surface area contributed by atoms with Gasteiger partial charge in [-0.15, -0.1) is 0 Å². The number of benzene rings is 1. The van der Waals surface area contributed by atoms with Crippen LogP contribution >= 0.6 is 0 Å². The third-order valence-electron chi connectivity index (χ3n) is 4.07. The van der Waals surface area contributed by atoms with Gasteiger partial charge < -0.3 is 24.9 Å². The first-order valence-corrected chi connectivity index (χ1v) is 7.92. The number of aryl methyl sites for hydroxylation is 1. The summed E-state index contributed by atoms with van der Waals surface area (Å²) in [4.78, 5) is 38.2. The first-order valence-electron chi connectivity index (χ1n) is 7.92. The molecule has 0 saturated heterocycles. The van der Waals surface area contributed by atoms with Gasteiger partial charge >= 0.3 is 5.97 Å². The van der Waals surface area contributed by atoms with E-state index in [0.29, 0.717) is 28.3 Å². The number of carbonyl (C=O) groups is 2. The first-order chi connectivity index (χ1) is 12.4. The lowest BCUT2D eigenvalue weighted by molar-refractivity contribution is -0.135. The second kappa shape index (κ2) is 6.91. The van der Waals surface area contributed by atoms with Crippen LogP contribution in [0.15, 0.2) is 29.1 Å². The molecule has 2 heterocycles. The number of primary amides is 1. The van der Waals surface area contributed by atoms with E-state index in [1.54, 1.807) is 31.2 Å². The van der Waals surface area contributed by atoms with Gasteiger partial charge in [-0.1, -0.05) is 6.07 Å². The van der Waals surface area contributed by atoms with Crippen LogP contribution in [0.3, 0.4) is 0 Å². The summed E-state index contributed by atoms with van der Waals surface area (Å²) in [6, 6.07) is 6.64. The molecule has 3 rings (SSSR count). The number of fused-ring (bicyclic) bond motifs is 1. The molecule has 1 atom stereocenters. The van der Waals surface area contributed by atoms with Crippen molar-refractivity contribution in [2.75, 3.05) is 13.7 Å². The van der Waals surface area contributed by atoms with Crippen LogP contribution in [-0.4, -0.2) is 30.6 Å². The maximum atomic E-state index is 12.4. The Balaban J connectivity index is 2.07. The zero-order chi connectivity index (χ0) is 18.8. The van der Waals surface area contributed by atoms with Crippen molar-refractivity contribution < 1.29 is 23.8 Å². The zero-order valence-electron chi connectivity index (χ0n) is 14.3. The second-order valence-corrected chi connectivity index (χ2v) is 5.96. The fourth-order valence-electron chi connectivity index (χ4n) is 2.97. The van der Waals surface area contributed by atoms with Crippen molar-refractivity contribution in [2.24, 2.45) is 5.73 Å². The lowest BCUT2D eigenvalue weighted by atomic mass is 9.87. The van der Waals surface area contributed by atoms with Gasteiger partial charge in [-0.2, -0.15) is 0 Å². The van der Waals surface area contributed by atoms with Gasteiger partial charge in [0, 0.05) is 17.7 Å². The van der Waals surface area contributed by atoms with E-state index >= 15 is 0 Å². The van der Waals surface area contributed by atoms with E-state index in [2.05, 4.69) is 4.98 Å². The van der Waals surface area contributed by atoms with E-state index in [-0.39, 0.29) is 24.3 Å². The van der Waals surface area contributed by atoms with Gasteiger partial charge in [0.25, 0.3) is 11.5 Å². The monoisotopic (exact) mass is 358 g/mol. The Morgan fingerprint density at radius 2 is 2.08 bits per heavy atom. The van der Waals surface area contributed by atoms with Gasteiger partial charge in [-0.3, -0.25) is 14.4 Å². The molecule has 0 fully saturated rings. The van der Waals surface area contributed by atoms with Gasteiger partial charge in [0.05, 0.1) is 19.1 Å². The number of H-pyrrole nitrogens is 1. The number of pyridine rings is 1. The molecule has 0 unspecified atom stereocenters. The molecule has 0 bridgehead atoms. The number of amides is 1. The molecule has 8 nitrogen and oxygen atoms in total. The summed E-state index contributed by atoms with van der Waals surface area (Å²) in [7, 11) is 1.47. The van der Waals surface area contributed by atoms with Crippen molar-refractivity contribution in [1.29, 1.82) is 0 Å². The molecule has 1 aliphatic heterocycles. The number of carbonyl (C=O) groups excluding carboxylic acids is 2. The Morgan fingerprint density at radius 3 is 2.77 bits per heavy atom. The molecule has 0 radical (unpaired) electrons. The van der Waals surface area contributed by atoms with Gasteiger partial charge in [0.2, 0.25) is 0 Å². The Morgan fingerprint density at radius 1 is 1.31 bits per heavy atom. The summed E-state index contributed by atoms with van der Waals surface area (Å²) >= 11 is 0. The van der Waals surface area contributed by atoms with E-state index in [1.165, 1.54) is 7.11 Å². The molecule has 1 aromatic carbocycles. The SMILES string of the molecule is COc1ccc([C@@H]2CC(=O)Oc3cc(C)[nH]c(=O)c32)cc1OCC(N)=O. The Kier molecular flexibility index (Phi) is 4.66. The number of rotatable bonds is 5. The quantitative estimate of drug-likeness (QED) is 0.769. The van der Waals surface area contributed by atoms with Crippen LogP contribution in [0.25, 0.3) is 0 Å². The average molecular weight is 358 g/mol. The number of aromatic nitrogens is 1. The number of ether oxygens (including phenoxy) is 3. The number of hydrogen-bond donors (Lipinski definition) is 2. The molecule has 0 aliphatic carbocycles. The minimum Gasteiger partial charge on any atom is -0.493 e.